The number of fused-ring (bicyclic) bond motifs is 1. The molecule has 5 nitrogen and oxygen atoms in total. The molecule has 4 rings (SSSR count). The lowest BCUT2D eigenvalue weighted by Crippen LogP contribution is -2.93. The van der Waals surface area contributed by atoms with Gasteiger partial charge in [-0.2, -0.15) is 0 Å². The fraction of sp³-hybridized carbons (Fsp3) is 0.444. The van der Waals surface area contributed by atoms with Crippen molar-refractivity contribution in [1.82, 2.24) is 9.88 Å². The third kappa shape index (κ3) is 4.53. The lowest BCUT2D eigenvalue weighted by Gasteiger charge is -2.39. The van der Waals surface area contributed by atoms with Crippen LogP contribution >= 0.6 is 0 Å². The molecule has 170 valence electrons. The van der Waals surface area contributed by atoms with Crippen LogP contribution in [0.25, 0.3) is 10.9 Å². The van der Waals surface area contributed by atoms with Gasteiger partial charge in [0.1, 0.15) is 5.75 Å². The van der Waals surface area contributed by atoms with E-state index in [1.54, 1.807) is 7.11 Å². The fourth-order valence-electron chi connectivity index (χ4n) is 5.19. The third-order valence-corrected chi connectivity index (χ3v) is 7.08. The normalized spacial score (nSPS) is 20.8. The molecule has 0 radical (unpaired) electrons. The molecule has 3 aromatic rings. The summed E-state index contributed by atoms with van der Waals surface area (Å²) in [5.74, 6) is 1.28. The molecule has 1 aliphatic rings. The van der Waals surface area contributed by atoms with Gasteiger partial charge in [0.25, 0.3) is 5.91 Å². The molecule has 0 saturated carbocycles. The number of likely N-dealkylation sites (tertiary alicyclic amines) is 1. The first-order valence-electron chi connectivity index (χ1n) is 11.8. The number of nitrogens with two attached hydrogens (primary N) is 1. The monoisotopic (exact) mass is 434 g/mol. The van der Waals surface area contributed by atoms with Crippen LogP contribution in [0.5, 0.6) is 5.75 Å². The average molecular weight is 435 g/mol. The molecule has 3 N–H and O–H groups in total. The van der Waals surface area contributed by atoms with Crippen molar-refractivity contribution in [1.29, 1.82) is 0 Å². The molecule has 5 heteroatoms. The largest absolute Gasteiger partial charge is 0.497 e. The molecule has 32 heavy (non-hydrogen) atoms. The Balaban J connectivity index is 1.57. The minimum absolute atomic E-state index is 0.107. The van der Waals surface area contributed by atoms with Gasteiger partial charge in [-0.3, -0.25) is 4.79 Å². The molecule has 0 unspecified atom stereocenters. The summed E-state index contributed by atoms with van der Waals surface area (Å²) in [6.45, 7) is 7.23. The van der Waals surface area contributed by atoms with Crippen LogP contribution < -0.4 is 10.1 Å². The van der Waals surface area contributed by atoms with Crippen LogP contribution in [0.2, 0.25) is 0 Å². The maximum atomic E-state index is 13.3. The standard InChI is InChI=1S/C27H35N3O2/c1-18-8-7-9-19(2)30(18)27(31)20(3)28-16-24(21-12-14-22(32-4)15-13-21)25-17-29-26-11-6-5-10-23(25)26/h5-6,10-15,17-20,24,28-29H,7-9,16H2,1-4H3/p+1/t18-,19-,20-,24+/m1/s1. The number of para-hydroxylation sites is 1. The van der Waals surface area contributed by atoms with Crippen molar-refractivity contribution >= 4 is 16.8 Å². The van der Waals surface area contributed by atoms with E-state index < -0.39 is 0 Å². The molecule has 1 fully saturated rings. The zero-order chi connectivity index (χ0) is 22.7. The average Bonchev–Trinajstić information content (AvgIpc) is 3.23. The van der Waals surface area contributed by atoms with Crippen molar-refractivity contribution in [2.24, 2.45) is 0 Å². The lowest BCUT2D eigenvalue weighted by molar-refractivity contribution is -0.675. The van der Waals surface area contributed by atoms with E-state index in [-0.39, 0.29) is 17.9 Å². The maximum Gasteiger partial charge on any atom is 0.280 e. The molecular formula is C27H36N3O2+. The number of ether oxygens (including phenoxy) is 1. The number of aromatic nitrogens is 1. The van der Waals surface area contributed by atoms with E-state index in [2.05, 4.69) is 78.6 Å². The van der Waals surface area contributed by atoms with Crippen molar-refractivity contribution < 1.29 is 14.8 Å². The number of rotatable bonds is 7. The molecular weight excluding hydrogens is 398 g/mol. The van der Waals surface area contributed by atoms with Crippen LogP contribution in [0.1, 0.15) is 57.1 Å². The Morgan fingerprint density at radius 3 is 2.50 bits per heavy atom. The Hall–Kier alpha value is -2.79. The minimum atomic E-state index is -0.107. The molecule has 0 aliphatic carbocycles. The van der Waals surface area contributed by atoms with Gasteiger partial charge in [0.2, 0.25) is 0 Å². The van der Waals surface area contributed by atoms with E-state index in [1.165, 1.54) is 22.9 Å². The number of H-pyrrole nitrogens is 1. The molecule has 1 aliphatic heterocycles. The summed E-state index contributed by atoms with van der Waals surface area (Å²) < 4.78 is 5.36. The molecule has 2 heterocycles. The number of benzene rings is 2. The van der Waals surface area contributed by atoms with E-state index in [9.17, 15) is 4.79 Å². The Morgan fingerprint density at radius 1 is 1.12 bits per heavy atom. The van der Waals surface area contributed by atoms with Crippen molar-refractivity contribution in [3.05, 3.63) is 65.9 Å². The summed E-state index contributed by atoms with van der Waals surface area (Å²) >= 11 is 0. The first-order chi connectivity index (χ1) is 15.5. The predicted octanol–water partition coefficient (Wildman–Crippen LogP) is 4.05. The van der Waals surface area contributed by atoms with E-state index in [1.807, 2.05) is 12.1 Å². The van der Waals surface area contributed by atoms with Gasteiger partial charge in [-0.25, -0.2) is 0 Å². The van der Waals surface area contributed by atoms with Crippen LogP contribution in [-0.2, 0) is 4.79 Å². The number of methoxy groups -OCH3 is 1. The SMILES string of the molecule is COc1ccc([C@H](C[NH2+][C@H](C)C(=O)N2[C@H](C)CCC[C@H]2C)c2c[nH]c3ccccc23)cc1. The molecule has 1 saturated heterocycles. The van der Waals surface area contributed by atoms with Gasteiger partial charge >= 0.3 is 0 Å². The summed E-state index contributed by atoms with van der Waals surface area (Å²) in [6.07, 6.45) is 5.54. The highest BCUT2D eigenvalue weighted by molar-refractivity contribution is 5.84. The highest BCUT2D eigenvalue weighted by Crippen LogP contribution is 2.31. The summed E-state index contributed by atoms with van der Waals surface area (Å²) in [5.41, 5.74) is 3.63. The predicted molar refractivity (Wildman–Crippen MR) is 129 cm³/mol. The van der Waals surface area contributed by atoms with Crippen LogP contribution in [0.4, 0.5) is 0 Å². The summed E-state index contributed by atoms with van der Waals surface area (Å²) in [5, 5.41) is 3.45. The minimum Gasteiger partial charge on any atom is -0.497 e. The first-order valence-corrected chi connectivity index (χ1v) is 11.8. The van der Waals surface area contributed by atoms with Crippen molar-refractivity contribution in [3.63, 3.8) is 0 Å². The van der Waals surface area contributed by atoms with Gasteiger partial charge in [0.15, 0.2) is 6.04 Å². The summed E-state index contributed by atoms with van der Waals surface area (Å²) in [7, 11) is 1.69. The Labute approximate surface area is 191 Å². The highest BCUT2D eigenvalue weighted by atomic mass is 16.5. The van der Waals surface area contributed by atoms with Crippen LogP contribution in [0, 0.1) is 0 Å². The summed E-state index contributed by atoms with van der Waals surface area (Å²) in [4.78, 5) is 18.9. The van der Waals surface area contributed by atoms with Gasteiger partial charge < -0.3 is 19.9 Å². The number of nitrogens with zero attached hydrogens (tertiary/aromatic N) is 1. The second-order valence-corrected chi connectivity index (χ2v) is 9.25. The number of nitrogens with one attached hydrogen (secondary N) is 1. The molecule has 1 aromatic heterocycles. The molecule has 4 atom stereocenters. The Morgan fingerprint density at radius 2 is 1.81 bits per heavy atom. The van der Waals surface area contributed by atoms with Crippen molar-refractivity contribution in [2.45, 2.75) is 64.1 Å². The Bertz CT molecular complexity index is 1030. The number of quaternary nitrogens is 1. The van der Waals surface area contributed by atoms with Crippen molar-refractivity contribution in [2.75, 3.05) is 13.7 Å². The van der Waals surface area contributed by atoms with Gasteiger partial charge in [-0.15, -0.1) is 0 Å². The number of carbonyl (C=O) groups is 1. The second-order valence-electron chi connectivity index (χ2n) is 9.25. The number of amides is 1. The Kier molecular flexibility index (Phi) is 6.85. The lowest BCUT2D eigenvalue weighted by atomic mass is 9.90. The molecule has 2 aromatic carbocycles. The number of piperidine rings is 1. The highest BCUT2D eigenvalue weighted by Gasteiger charge is 2.33. The van der Waals surface area contributed by atoms with E-state index in [0.29, 0.717) is 12.1 Å². The third-order valence-electron chi connectivity index (χ3n) is 7.08. The van der Waals surface area contributed by atoms with Crippen LogP contribution in [0.15, 0.2) is 54.7 Å². The number of hydrogen-bond donors (Lipinski definition) is 2. The van der Waals surface area contributed by atoms with Crippen LogP contribution in [0.3, 0.4) is 0 Å². The number of hydrogen-bond acceptors (Lipinski definition) is 2. The van der Waals surface area contributed by atoms with E-state index in [0.717, 1.165) is 30.7 Å². The second kappa shape index (κ2) is 9.78. The maximum absolute atomic E-state index is 13.3. The topological polar surface area (TPSA) is 61.9 Å². The molecule has 0 bridgehead atoms. The zero-order valence-corrected chi connectivity index (χ0v) is 19.7. The van der Waals surface area contributed by atoms with Gasteiger partial charge in [-0.1, -0.05) is 30.3 Å². The molecule has 1 amide bonds. The molecule has 0 spiro atoms. The van der Waals surface area contributed by atoms with Gasteiger partial charge in [0.05, 0.1) is 19.6 Å². The van der Waals surface area contributed by atoms with E-state index >= 15 is 0 Å². The zero-order valence-electron chi connectivity index (χ0n) is 19.7. The fourth-order valence-corrected chi connectivity index (χ4v) is 5.19. The van der Waals surface area contributed by atoms with Crippen molar-refractivity contribution in [3.8, 4) is 5.75 Å². The quantitative estimate of drug-likeness (QED) is 0.589. The van der Waals surface area contributed by atoms with Crippen LogP contribution in [-0.4, -0.2) is 47.6 Å². The smallest absolute Gasteiger partial charge is 0.280 e. The van der Waals surface area contributed by atoms with Gasteiger partial charge in [0, 0.05) is 29.2 Å². The first kappa shape index (κ1) is 22.4. The summed E-state index contributed by atoms with van der Waals surface area (Å²) in [6, 6.07) is 17.3. The van der Waals surface area contributed by atoms with Gasteiger partial charge in [-0.05, 0) is 69.4 Å². The number of aromatic amines is 1. The van der Waals surface area contributed by atoms with E-state index in [4.69, 9.17) is 4.74 Å². The number of carbonyl (C=O) groups excluding carboxylic acids is 1.